The van der Waals surface area contributed by atoms with Crippen molar-refractivity contribution in [1.82, 2.24) is 4.98 Å². The van der Waals surface area contributed by atoms with Gasteiger partial charge in [-0.15, -0.1) is 11.3 Å². The summed E-state index contributed by atoms with van der Waals surface area (Å²) in [7, 11) is 1.38. The Morgan fingerprint density at radius 1 is 1.20 bits per heavy atom. The lowest BCUT2D eigenvalue weighted by atomic mass is 10.1. The average Bonchev–Trinajstić information content (AvgIpc) is 2.94. The van der Waals surface area contributed by atoms with E-state index in [2.05, 4.69) is 4.98 Å². The van der Waals surface area contributed by atoms with Crippen LogP contribution in [0.2, 0.25) is 0 Å². The lowest BCUT2D eigenvalue weighted by Gasteiger charge is -1.99. The number of hydrogen-bond acceptors (Lipinski definition) is 5. The van der Waals surface area contributed by atoms with Crippen LogP contribution in [0.4, 0.5) is 5.13 Å². The topological polar surface area (TPSA) is 65.2 Å². The molecule has 0 saturated heterocycles. The highest BCUT2D eigenvalue weighted by atomic mass is 32.1. The number of methoxy groups -OCH3 is 1. The van der Waals surface area contributed by atoms with E-state index in [0.29, 0.717) is 10.7 Å². The van der Waals surface area contributed by atoms with E-state index < -0.39 is 0 Å². The van der Waals surface area contributed by atoms with Gasteiger partial charge >= 0.3 is 5.97 Å². The molecule has 0 fully saturated rings. The van der Waals surface area contributed by atoms with Gasteiger partial charge in [0.05, 0.1) is 18.4 Å². The Labute approximate surface area is 120 Å². The third-order valence-electron chi connectivity index (χ3n) is 3.11. The first-order valence-electron chi connectivity index (χ1n) is 6.02. The number of esters is 1. The van der Waals surface area contributed by atoms with Gasteiger partial charge in [-0.2, -0.15) is 0 Å². The number of carbonyl (C=O) groups excluding carboxylic acids is 1. The minimum atomic E-state index is -0.351. The molecule has 20 heavy (non-hydrogen) atoms. The van der Waals surface area contributed by atoms with Crippen molar-refractivity contribution < 1.29 is 9.53 Å². The number of carbonyl (C=O) groups is 1. The fourth-order valence-corrected chi connectivity index (χ4v) is 2.78. The highest BCUT2D eigenvalue weighted by molar-refractivity contribution is 7.13. The smallest absolute Gasteiger partial charge is 0.338 e. The highest BCUT2D eigenvalue weighted by Crippen LogP contribution is 2.39. The summed E-state index contributed by atoms with van der Waals surface area (Å²) in [6, 6.07) is 11.4. The van der Waals surface area contributed by atoms with Crippen LogP contribution >= 0.6 is 11.3 Å². The minimum absolute atomic E-state index is 0.351. The quantitative estimate of drug-likeness (QED) is 0.733. The number of nitrogens with two attached hydrogens (primary N) is 1. The van der Waals surface area contributed by atoms with Crippen LogP contribution in [-0.2, 0) is 4.74 Å². The Kier molecular flexibility index (Phi) is 3.12. The third kappa shape index (κ3) is 2.02. The molecule has 2 aliphatic rings. The minimum Gasteiger partial charge on any atom is -0.465 e. The summed E-state index contributed by atoms with van der Waals surface area (Å²) in [5.74, 6) is -0.351. The lowest BCUT2D eigenvalue weighted by molar-refractivity contribution is 0.0602. The number of anilines is 1. The maximum atomic E-state index is 11.9. The fourth-order valence-electron chi connectivity index (χ4n) is 2.22. The number of hydrogen-bond donors (Lipinski definition) is 1. The Morgan fingerprint density at radius 3 is 2.60 bits per heavy atom. The Bertz CT molecular complexity index is 751. The Morgan fingerprint density at radius 2 is 1.95 bits per heavy atom. The standard InChI is InChI=1S/C15H12N2O2S/c1-19-14(18)12-7-11(13-8-20-15(16)17-13)9-5-3-2-4-6-10(9)12/h2-8H,1H3,(H2,16,17). The van der Waals surface area contributed by atoms with E-state index in [-0.39, 0.29) is 5.97 Å². The predicted octanol–water partition coefficient (Wildman–Crippen LogP) is 3.28. The number of nitrogen functional groups attached to an aromatic ring is 1. The van der Waals surface area contributed by atoms with Crippen molar-refractivity contribution in [2.24, 2.45) is 0 Å². The van der Waals surface area contributed by atoms with Gasteiger partial charge in [0.1, 0.15) is 0 Å². The van der Waals surface area contributed by atoms with E-state index in [9.17, 15) is 4.79 Å². The molecule has 0 spiro atoms. The van der Waals surface area contributed by atoms with Crippen molar-refractivity contribution in [2.45, 2.75) is 0 Å². The fraction of sp³-hybridized carbons (Fsp3) is 0.0667. The molecule has 0 unspecified atom stereocenters. The summed E-state index contributed by atoms with van der Waals surface area (Å²) in [6.07, 6.45) is 0. The summed E-state index contributed by atoms with van der Waals surface area (Å²) >= 11 is 1.38. The SMILES string of the molecule is COC(=O)c1cc(-c2csc(N)n2)c2cccccc1-2. The van der Waals surface area contributed by atoms with Crippen LogP contribution in [-0.4, -0.2) is 18.1 Å². The zero-order valence-electron chi connectivity index (χ0n) is 10.8. The zero-order chi connectivity index (χ0) is 14.1. The average molecular weight is 284 g/mol. The second kappa shape index (κ2) is 4.94. The molecule has 2 aliphatic carbocycles. The highest BCUT2D eigenvalue weighted by Gasteiger charge is 2.22. The van der Waals surface area contributed by atoms with E-state index in [1.54, 1.807) is 0 Å². The van der Waals surface area contributed by atoms with Crippen LogP contribution in [0.1, 0.15) is 10.4 Å². The summed E-state index contributed by atoms with van der Waals surface area (Å²) in [4.78, 5) is 16.2. The molecule has 0 aliphatic heterocycles. The number of thiazole rings is 1. The molecule has 0 saturated carbocycles. The lowest BCUT2D eigenvalue weighted by Crippen LogP contribution is -1.99. The molecule has 5 heteroatoms. The van der Waals surface area contributed by atoms with Crippen LogP contribution in [0.25, 0.3) is 22.4 Å². The second-order valence-electron chi connectivity index (χ2n) is 4.27. The predicted molar refractivity (Wildman–Crippen MR) is 79.9 cm³/mol. The van der Waals surface area contributed by atoms with Crippen LogP contribution in [0.3, 0.4) is 0 Å². The summed E-state index contributed by atoms with van der Waals surface area (Å²) < 4.78 is 4.85. The molecule has 100 valence electrons. The molecule has 0 radical (unpaired) electrons. The van der Waals surface area contributed by atoms with Gasteiger partial charge in [-0.1, -0.05) is 30.3 Å². The molecule has 3 rings (SSSR count). The third-order valence-corrected chi connectivity index (χ3v) is 3.78. The number of nitrogens with zero attached hydrogens (tertiary/aromatic N) is 1. The second-order valence-corrected chi connectivity index (χ2v) is 5.16. The van der Waals surface area contributed by atoms with E-state index >= 15 is 0 Å². The molecule has 0 atom stereocenters. The molecule has 1 heterocycles. The van der Waals surface area contributed by atoms with Gasteiger partial charge in [-0.3, -0.25) is 0 Å². The summed E-state index contributed by atoms with van der Waals surface area (Å²) in [5, 5.41) is 2.40. The van der Waals surface area contributed by atoms with Crippen LogP contribution in [0.15, 0.2) is 41.8 Å². The van der Waals surface area contributed by atoms with E-state index in [1.165, 1.54) is 18.4 Å². The number of aromatic nitrogens is 1. The number of fused-ring (bicyclic) bond motifs is 1. The Balaban J connectivity index is 2.26. The summed E-state index contributed by atoms with van der Waals surface area (Å²) in [6.45, 7) is 0. The maximum Gasteiger partial charge on any atom is 0.338 e. The molecule has 4 nitrogen and oxygen atoms in total. The van der Waals surface area contributed by atoms with Crippen molar-refractivity contribution in [3.8, 4) is 22.4 Å². The first kappa shape index (κ1) is 12.6. The van der Waals surface area contributed by atoms with Gasteiger partial charge in [0.15, 0.2) is 5.13 Å². The molecule has 0 amide bonds. The number of rotatable bonds is 2. The van der Waals surface area contributed by atoms with Crippen molar-refractivity contribution in [2.75, 3.05) is 12.8 Å². The first-order chi connectivity index (χ1) is 9.70. The molecule has 1 aromatic rings. The van der Waals surface area contributed by atoms with Crippen molar-refractivity contribution in [3.63, 3.8) is 0 Å². The summed E-state index contributed by atoms with van der Waals surface area (Å²) in [5.41, 5.74) is 9.71. The molecule has 1 aromatic heterocycles. The van der Waals surface area contributed by atoms with Gasteiger partial charge in [-0.05, 0) is 17.2 Å². The van der Waals surface area contributed by atoms with Gasteiger partial charge in [-0.25, -0.2) is 9.78 Å². The largest absolute Gasteiger partial charge is 0.465 e. The molecule has 2 N–H and O–H groups in total. The molecule has 0 aromatic carbocycles. The van der Waals surface area contributed by atoms with Gasteiger partial charge in [0.25, 0.3) is 0 Å². The van der Waals surface area contributed by atoms with Gasteiger partial charge < -0.3 is 10.5 Å². The first-order valence-corrected chi connectivity index (χ1v) is 6.90. The maximum absolute atomic E-state index is 11.9. The van der Waals surface area contributed by atoms with Crippen LogP contribution in [0, 0.1) is 0 Å². The normalized spacial score (nSPS) is 10.7. The Hall–Kier alpha value is -2.40. The number of ether oxygens (including phenoxy) is 1. The van der Waals surface area contributed by atoms with Gasteiger partial charge in [0.2, 0.25) is 0 Å². The molecular weight excluding hydrogens is 272 g/mol. The van der Waals surface area contributed by atoms with Crippen molar-refractivity contribution in [3.05, 3.63) is 47.3 Å². The molecule has 0 bridgehead atoms. The van der Waals surface area contributed by atoms with Crippen molar-refractivity contribution >= 4 is 22.4 Å². The monoisotopic (exact) mass is 284 g/mol. The molecular formula is C15H12N2O2S. The van der Waals surface area contributed by atoms with Crippen LogP contribution in [0.5, 0.6) is 0 Å². The van der Waals surface area contributed by atoms with E-state index in [4.69, 9.17) is 10.5 Å². The van der Waals surface area contributed by atoms with Crippen LogP contribution < -0.4 is 5.73 Å². The van der Waals surface area contributed by atoms with E-state index in [1.807, 2.05) is 41.8 Å². The van der Waals surface area contributed by atoms with Crippen molar-refractivity contribution in [1.29, 1.82) is 0 Å². The zero-order valence-corrected chi connectivity index (χ0v) is 11.6. The van der Waals surface area contributed by atoms with E-state index in [0.717, 1.165) is 22.4 Å². The van der Waals surface area contributed by atoms with Gasteiger partial charge in [0, 0.05) is 10.9 Å².